The van der Waals surface area contributed by atoms with Gasteiger partial charge in [-0.1, -0.05) is 27.0 Å². The summed E-state index contributed by atoms with van der Waals surface area (Å²) in [5.41, 5.74) is 0. The van der Waals surface area contributed by atoms with Crippen LogP contribution in [0.5, 0.6) is 0 Å². The highest BCUT2D eigenvalue weighted by Crippen LogP contribution is 2.18. The maximum atomic E-state index is 13.0. The second kappa shape index (κ2) is 9.20. The summed E-state index contributed by atoms with van der Waals surface area (Å²) >= 11 is 0. The van der Waals surface area contributed by atoms with Crippen LogP contribution in [0.3, 0.4) is 0 Å². The van der Waals surface area contributed by atoms with Crippen molar-refractivity contribution in [1.82, 2.24) is 0 Å². The highest BCUT2D eigenvalue weighted by Gasteiger charge is 2.08. The van der Waals surface area contributed by atoms with Crippen LogP contribution in [0.25, 0.3) is 0 Å². The monoisotopic (exact) mass is 246 g/mol. The number of halogens is 2. The number of hydrogen-bond acceptors (Lipinski definition) is 1. The Morgan fingerprint density at radius 1 is 0.941 bits per heavy atom. The van der Waals surface area contributed by atoms with E-state index >= 15 is 0 Å². The molecule has 17 heavy (non-hydrogen) atoms. The molecular weight excluding hydrogens is 222 g/mol. The Hall–Kier alpha value is -0.860. The molecule has 0 saturated heterocycles. The average Bonchev–Trinajstić information content (AvgIpc) is 2.32. The molecule has 0 fully saturated rings. The summed E-state index contributed by atoms with van der Waals surface area (Å²) in [7, 11) is 0. The molecule has 0 rings (SSSR count). The standard InChI is InChI=1S/C14H24F2O/c1-5-13(15)9-7-11(3)17-12(4)8-10-14(16)6-2/h13-14H,3-10H2,1-2H3. The van der Waals surface area contributed by atoms with Crippen LogP contribution >= 0.6 is 0 Å². The van der Waals surface area contributed by atoms with Gasteiger partial charge < -0.3 is 4.74 Å². The minimum Gasteiger partial charge on any atom is -0.467 e. The van der Waals surface area contributed by atoms with Gasteiger partial charge in [0.25, 0.3) is 0 Å². The van der Waals surface area contributed by atoms with Crippen LogP contribution in [0.2, 0.25) is 0 Å². The summed E-state index contributed by atoms with van der Waals surface area (Å²) in [6, 6.07) is 0. The summed E-state index contributed by atoms with van der Waals surface area (Å²) in [5.74, 6) is 1.02. The van der Waals surface area contributed by atoms with Crippen molar-refractivity contribution in [1.29, 1.82) is 0 Å². The van der Waals surface area contributed by atoms with Gasteiger partial charge in [0.2, 0.25) is 0 Å². The first-order valence-corrected chi connectivity index (χ1v) is 6.31. The van der Waals surface area contributed by atoms with Crippen LogP contribution < -0.4 is 0 Å². The normalized spacial score (nSPS) is 14.1. The largest absolute Gasteiger partial charge is 0.467 e. The molecule has 2 atom stereocenters. The van der Waals surface area contributed by atoms with E-state index in [-0.39, 0.29) is 0 Å². The minimum atomic E-state index is -0.807. The van der Waals surface area contributed by atoms with E-state index in [0.29, 0.717) is 50.0 Å². The van der Waals surface area contributed by atoms with Gasteiger partial charge in [-0.05, 0) is 25.7 Å². The van der Waals surface area contributed by atoms with Gasteiger partial charge in [-0.3, -0.25) is 0 Å². The Bertz CT molecular complexity index is 214. The predicted molar refractivity (Wildman–Crippen MR) is 68.2 cm³/mol. The molecule has 0 aromatic heterocycles. The Morgan fingerprint density at radius 3 is 1.59 bits per heavy atom. The highest BCUT2D eigenvalue weighted by atomic mass is 19.1. The highest BCUT2D eigenvalue weighted by molar-refractivity contribution is 4.94. The lowest BCUT2D eigenvalue weighted by Gasteiger charge is -2.13. The lowest BCUT2D eigenvalue weighted by molar-refractivity contribution is 0.235. The molecule has 1 nitrogen and oxygen atoms in total. The van der Waals surface area contributed by atoms with E-state index in [1.165, 1.54) is 0 Å². The van der Waals surface area contributed by atoms with E-state index in [1.807, 2.05) is 0 Å². The molecule has 0 amide bonds. The first kappa shape index (κ1) is 16.1. The number of ether oxygens (including phenoxy) is 1. The second-order valence-electron chi connectivity index (χ2n) is 4.27. The molecule has 0 aromatic carbocycles. The SMILES string of the molecule is C=C(CCC(F)CC)OC(=C)CCC(F)CC. The van der Waals surface area contributed by atoms with Crippen LogP contribution in [0, 0.1) is 0 Å². The quantitative estimate of drug-likeness (QED) is 0.488. The molecule has 0 heterocycles. The Balaban J connectivity index is 3.69. The van der Waals surface area contributed by atoms with E-state index in [9.17, 15) is 8.78 Å². The lowest BCUT2D eigenvalue weighted by Crippen LogP contribution is -2.02. The van der Waals surface area contributed by atoms with Crippen LogP contribution in [-0.4, -0.2) is 12.3 Å². The Morgan fingerprint density at radius 2 is 1.29 bits per heavy atom. The third-order valence-electron chi connectivity index (χ3n) is 2.65. The molecule has 0 aliphatic rings. The fourth-order valence-corrected chi connectivity index (χ4v) is 1.35. The van der Waals surface area contributed by atoms with E-state index in [2.05, 4.69) is 13.2 Å². The first-order chi connectivity index (χ1) is 7.99. The number of hydrogen-bond donors (Lipinski definition) is 0. The van der Waals surface area contributed by atoms with Crippen LogP contribution in [0.4, 0.5) is 8.78 Å². The maximum Gasteiger partial charge on any atom is 0.100 e. The van der Waals surface area contributed by atoms with Crippen LogP contribution in [0.15, 0.2) is 24.7 Å². The summed E-state index contributed by atoms with van der Waals surface area (Å²) in [6.45, 7) is 11.0. The molecule has 100 valence electrons. The van der Waals surface area contributed by atoms with E-state index in [4.69, 9.17) is 4.74 Å². The molecule has 0 aliphatic heterocycles. The first-order valence-electron chi connectivity index (χ1n) is 6.31. The van der Waals surface area contributed by atoms with Crippen molar-refractivity contribution in [2.45, 2.75) is 64.7 Å². The van der Waals surface area contributed by atoms with Crippen LogP contribution in [0.1, 0.15) is 52.4 Å². The molecular formula is C14H24F2O. The summed E-state index contributed by atoms with van der Waals surface area (Å²) in [6.07, 6.45) is 1.22. The van der Waals surface area contributed by atoms with Gasteiger partial charge in [-0.15, -0.1) is 0 Å². The zero-order valence-corrected chi connectivity index (χ0v) is 11.0. The number of allylic oxidation sites excluding steroid dienone is 2. The minimum absolute atomic E-state index is 0.420. The Labute approximate surface area is 104 Å². The zero-order chi connectivity index (χ0) is 13.3. The number of alkyl halides is 2. The van der Waals surface area contributed by atoms with Crippen LogP contribution in [-0.2, 0) is 4.74 Å². The molecule has 0 spiro atoms. The van der Waals surface area contributed by atoms with Gasteiger partial charge in [0.05, 0.1) is 11.5 Å². The third kappa shape index (κ3) is 8.90. The van der Waals surface area contributed by atoms with Crippen molar-refractivity contribution in [2.75, 3.05) is 0 Å². The zero-order valence-electron chi connectivity index (χ0n) is 11.0. The molecule has 0 aliphatic carbocycles. The summed E-state index contributed by atoms with van der Waals surface area (Å²) in [5, 5.41) is 0. The fraction of sp³-hybridized carbons (Fsp3) is 0.714. The van der Waals surface area contributed by atoms with E-state index in [0.717, 1.165) is 0 Å². The van der Waals surface area contributed by atoms with Gasteiger partial charge in [-0.25, -0.2) is 8.78 Å². The molecule has 2 unspecified atom stereocenters. The van der Waals surface area contributed by atoms with Crippen molar-refractivity contribution in [3.8, 4) is 0 Å². The van der Waals surface area contributed by atoms with Gasteiger partial charge >= 0.3 is 0 Å². The van der Waals surface area contributed by atoms with Gasteiger partial charge in [0, 0.05) is 12.8 Å². The molecule has 0 radical (unpaired) electrons. The average molecular weight is 246 g/mol. The molecule has 3 heteroatoms. The van der Waals surface area contributed by atoms with Gasteiger partial charge in [0.1, 0.15) is 12.3 Å². The summed E-state index contributed by atoms with van der Waals surface area (Å²) < 4.78 is 31.2. The van der Waals surface area contributed by atoms with Crippen molar-refractivity contribution in [2.24, 2.45) is 0 Å². The molecule has 0 aromatic rings. The number of rotatable bonds is 10. The Kier molecular flexibility index (Phi) is 8.73. The maximum absolute atomic E-state index is 13.0. The van der Waals surface area contributed by atoms with Gasteiger partial charge in [-0.2, -0.15) is 0 Å². The third-order valence-corrected chi connectivity index (χ3v) is 2.65. The fourth-order valence-electron chi connectivity index (χ4n) is 1.35. The predicted octanol–water partition coefficient (Wildman–Crippen LogP) is 5.09. The molecule has 0 bridgehead atoms. The van der Waals surface area contributed by atoms with Crippen molar-refractivity contribution < 1.29 is 13.5 Å². The lowest BCUT2D eigenvalue weighted by atomic mass is 10.1. The second-order valence-corrected chi connectivity index (χ2v) is 4.27. The van der Waals surface area contributed by atoms with Crippen molar-refractivity contribution in [3.63, 3.8) is 0 Å². The van der Waals surface area contributed by atoms with E-state index < -0.39 is 12.3 Å². The van der Waals surface area contributed by atoms with E-state index in [1.54, 1.807) is 13.8 Å². The topological polar surface area (TPSA) is 9.23 Å². The van der Waals surface area contributed by atoms with Crippen molar-refractivity contribution >= 4 is 0 Å². The molecule has 0 saturated carbocycles. The smallest absolute Gasteiger partial charge is 0.100 e. The van der Waals surface area contributed by atoms with Crippen molar-refractivity contribution in [3.05, 3.63) is 24.7 Å². The van der Waals surface area contributed by atoms with Gasteiger partial charge in [0.15, 0.2) is 0 Å². The summed E-state index contributed by atoms with van der Waals surface area (Å²) in [4.78, 5) is 0. The molecule has 0 N–H and O–H groups in total.